The summed E-state index contributed by atoms with van der Waals surface area (Å²) in [5.41, 5.74) is 4.82. The van der Waals surface area contributed by atoms with Crippen LogP contribution in [0.3, 0.4) is 0 Å². The second-order valence-electron chi connectivity index (χ2n) is 3.69. The van der Waals surface area contributed by atoms with E-state index in [9.17, 15) is 26.3 Å². The average molecular weight is 297 g/mol. The van der Waals surface area contributed by atoms with Crippen molar-refractivity contribution in [2.75, 3.05) is 26.2 Å². The van der Waals surface area contributed by atoms with Crippen LogP contribution in [0.4, 0.5) is 26.3 Å². The van der Waals surface area contributed by atoms with E-state index in [1.165, 1.54) is 0 Å². The molecule has 0 aliphatic rings. The highest BCUT2D eigenvalue weighted by atomic mass is 19.4. The molecule has 4 N–H and O–H groups in total. The van der Waals surface area contributed by atoms with E-state index in [1.807, 2.05) is 0 Å². The first-order valence-corrected chi connectivity index (χ1v) is 4.95. The van der Waals surface area contributed by atoms with Crippen LogP contribution in [0.25, 0.3) is 0 Å². The Labute approximate surface area is 104 Å². The molecule has 114 valence electrons. The quantitative estimate of drug-likeness (QED) is 0.222. The van der Waals surface area contributed by atoms with Crippen molar-refractivity contribution < 1.29 is 36.7 Å². The Morgan fingerprint density at radius 1 is 1.21 bits per heavy atom. The highest BCUT2D eigenvalue weighted by molar-refractivity contribution is 5.83. The molecule has 11 heteroatoms. The fourth-order valence-electron chi connectivity index (χ4n) is 1.32. The van der Waals surface area contributed by atoms with Gasteiger partial charge in [0.15, 0.2) is 5.84 Å². The molecular formula is C8H13F6N3O2. The van der Waals surface area contributed by atoms with Crippen LogP contribution in [0, 0.1) is 5.92 Å². The van der Waals surface area contributed by atoms with Crippen molar-refractivity contribution in [3.05, 3.63) is 0 Å². The first kappa shape index (κ1) is 17.8. The average Bonchev–Trinajstić information content (AvgIpc) is 2.21. The number of hydrogen-bond acceptors (Lipinski definition) is 4. The van der Waals surface area contributed by atoms with Gasteiger partial charge in [0.05, 0.1) is 13.2 Å². The van der Waals surface area contributed by atoms with Gasteiger partial charge in [-0.25, -0.2) is 0 Å². The van der Waals surface area contributed by atoms with Crippen LogP contribution >= 0.6 is 0 Å². The Balaban J connectivity index is 4.95. The van der Waals surface area contributed by atoms with Gasteiger partial charge in [-0.3, -0.25) is 4.90 Å². The van der Waals surface area contributed by atoms with E-state index < -0.39 is 50.3 Å². The Hall–Kier alpha value is -1.23. The van der Waals surface area contributed by atoms with Crippen LogP contribution in [0.5, 0.6) is 0 Å². The lowest BCUT2D eigenvalue weighted by molar-refractivity contribution is -0.175. The van der Waals surface area contributed by atoms with Crippen molar-refractivity contribution in [1.82, 2.24) is 4.90 Å². The minimum atomic E-state index is -4.96. The van der Waals surface area contributed by atoms with Crippen molar-refractivity contribution in [3.8, 4) is 0 Å². The predicted molar refractivity (Wildman–Crippen MR) is 52.5 cm³/mol. The van der Waals surface area contributed by atoms with Gasteiger partial charge < -0.3 is 16.0 Å². The second-order valence-corrected chi connectivity index (χ2v) is 3.69. The van der Waals surface area contributed by atoms with Crippen molar-refractivity contribution in [3.63, 3.8) is 0 Å². The highest BCUT2D eigenvalue weighted by Gasteiger charge is 2.44. The summed E-state index contributed by atoms with van der Waals surface area (Å²) in [5.74, 6) is -3.79. The van der Waals surface area contributed by atoms with Gasteiger partial charge in [-0.15, -0.1) is 0 Å². The van der Waals surface area contributed by atoms with Crippen molar-refractivity contribution in [2.24, 2.45) is 16.8 Å². The fraction of sp³-hybridized carbons (Fsp3) is 0.875. The normalized spacial score (nSPS) is 15.9. The van der Waals surface area contributed by atoms with Crippen molar-refractivity contribution in [1.29, 1.82) is 0 Å². The number of nitrogens with zero attached hydrogens (tertiary/aromatic N) is 2. The second kappa shape index (κ2) is 6.80. The molecule has 0 aromatic rings. The van der Waals surface area contributed by atoms with Gasteiger partial charge in [0.1, 0.15) is 5.92 Å². The lowest BCUT2D eigenvalue weighted by Gasteiger charge is -2.28. The molecule has 0 aromatic carbocycles. The van der Waals surface area contributed by atoms with E-state index in [-0.39, 0.29) is 0 Å². The molecule has 0 saturated heterocycles. The summed E-state index contributed by atoms with van der Waals surface area (Å²) in [6.07, 6.45) is -9.69. The highest BCUT2D eigenvalue weighted by Crippen LogP contribution is 2.28. The van der Waals surface area contributed by atoms with E-state index in [4.69, 9.17) is 16.0 Å². The van der Waals surface area contributed by atoms with E-state index in [1.54, 1.807) is 0 Å². The summed E-state index contributed by atoms with van der Waals surface area (Å²) in [4.78, 5) is 0.330. The number of nitrogens with two attached hydrogens (primary N) is 1. The third-order valence-electron chi connectivity index (χ3n) is 2.13. The maximum Gasteiger partial charge on any atom is 0.401 e. The third kappa shape index (κ3) is 7.06. The smallest absolute Gasteiger partial charge is 0.401 e. The number of rotatable bonds is 6. The van der Waals surface area contributed by atoms with Crippen LogP contribution in [-0.4, -0.2) is 59.6 Å². The molecule has 0 fully saturated rings. The SMILES string of the molecule is NC(=NO)C(CN(CCO)CC(F)(F)F)C(F)(F)F. The summed E-state index contributed by atoms with van der Waals surface area (Å²) in [7, 11) is 0. The summed E-state index contributed by atoms with van der Waals surface area (Å²) in [6.45, 7) is -4.18. The maximum atomic E-state index is 12.5. The molecule has 0 bridgehead atoms. The molecule has 0 spiro atoms. The molecule has 0 aliphatic heterocycles. The monoisotopic (exact) mass is 297 g/mol. The molecule has 0 heterocycles. The lowest BCUT2D eigenvalue weighted by atomic mass is 10.1. The van der Waals surface area contributed by atoms with Gasteiger partial charge in [0.25, 0.3) is 0 Å². The summed E-state index contributed by atoms with van der Waals surface area (Å²) >= 11 is 0. The van der Waals surface area contributed by atoms with Crippen LogP contribution in [0.15, 0.2) is 5.16 Å². The topological polar surface area (TPSA) is 82.1 Å². The zero-order valence-corrected chi connectivity index (χ0v) is 9.54. The molecule has 0 amide bonds. The van der Waals surface area contributed by atoms with Crippen molar-refractivity contribution in [2.45, 2.75) is 12.4 Å². The Kier molecular flexibility index (Phi) is 6.36. The molecule has 19 heavy (non-hydrogen) atoms. The molecule has 1 unspecified atom stereocenters. The molecule has 0 saturated carbocycles. The number of aliphatic hydroxyl groups is 1. The number of hydrogen-bond donors (Lipinski definition) is 3. The lowest BCUT2D eigenvalue weighted by Crippen LogP contribution is -2.47. The van der Waals surface area contributed by atoms with Gasteiger partial charge in [-0.1, -0.05) is 5.16 Å². The molecule has 0 rings (SSSR count). The van der Waals surface area contributed by atoms with Crippen LogP contribution in [0.1, 0.15) is 0 Å². The van der Waals surface area contributed by atoms with E-state index >= 15 is 0 Å². The van der Waals surface area contributed by atoms with Gasteiger partial charge >= 0.3 is 12.4 Å². The maximum absolute atomic E-state index is 12.5. The first-order chi connectivity index (χ1) is 8.51. The zero-order valence-electron chi connectivity index (χ0n) is 9.54. The molecule has 5 nitrogen and oxygen atoms in total. The Bertz CT molecular complexity index is 304. The minimum Gasteiger partial charge on any atom is -0.409 e. The largest absolute Gasteiger partial charge is 0.409 e. The molecular weight excluding hydrogens is 284 g/mol. The van der Waals surface area contributed by atoms with Crippen LogP contribution in [-0.2, 0) is 0 Å². The number of alkyl halides is 6. The standard InChI is InChI=1S/C8H13F6N3O2/c9-7(10,11)4-17(1-2-18)3-5(6(15)16-19)8(12,13)14/h5,18-19H,1-4H2,(H2,15,16). The van der Waals surface area contributed by atoms with Crippen molar-refractivity contribution >= 4 is 5.84 Å². The summed E-state index contributed by atoms with van der Waals surface area (Å²) in [5, 5.41) is 18.9. The van der Waals surface area contributed by atoms with Crippen LogP contribution < -0.4 is 5.73 Å². The molecule has 1 atom stereocenters. The molecule has 0 aliphatic carbocycles. The zero-order chi connectivity index (χ0) is 15.3. The summed E-state index contributed by atoms with van der Waals surface area (Å²) < 4.78 is 74.1. The van der Waals surface area contributed by atoms with Gasteiger partial charge in [-0.2, -0.15) is 26.3 Å². The summed E-state index contributed by atoms with van der Waals surface area (Å²) in [6, 6.07) is 0. The number of amidine groups is 1. The fourth-order valence-corrected chi connectivity index (χ4v) is 1.32. The molecule has 0 radical (unpaired) electrons. The predicted octanol–water partition coefficient (Wildman–Crippen LogP) is 0.768. The van der Waals surface area contributed by atoms with Gasteiger partial charge in [0.2, 0.25) is 0 Å². The Morgan fingerprint density at radius 3 is 2.05 bits per heavy atom. The van der Waals surface area contributed by atoms with Gasteiger partial charge in [-0.05, 0) is 0 Å². The van der Waals surface area contributed by atoms with Crippen LogP contribution in [0.2, 0.25) is 0 Å². The van der Waals surface area contributed by atoms with E-state index in [0.29, 0.717) is 4.90 Å². The number of halogens is 6. The minimum absolute atomic E-state index is 0.330. The molecule has 0 aromatic heterocycles. The number of aliphatic hydroxyl groups excluding tert-OH is 1. The Morgan fingerprint density at radius 2 is 1.74 bits per heavy atom. The third-order valence-corrected chi connectivity index (χ3v) is 2.13. The van der Waals surface area contributed by atoms with Gasteiger partial charge in [0, 0.05) is 13.1 Å². The first-order valence-electron chi connectivity index (χ1n) is 4.95. The number of oxime groups is 1. The van der Waals surface area contributed by atoms with E-state index in [0.717, 1.165) is 0 Å². The van der Waals surface area contributed by atoms with E-state index in [2.05, 4.69) is 5.16 Å².